The van der Waals surface area contributed by atoms with E-state index in [-0.39, 0.29) is 17.7 Å². The zero-order chi connectivity index (χ0) is 14.7. The lowest BCUT2D eigenvalue weighted by molar-refractivity contribution is 0.261. The highest BCUT2D eigenvalue weighted by Crippen LogP contribution is 2.32. The Morgan fingerprint density at radius 1 is 0.895 bits per heavy atom. The number of hydrogen-bond acceptors (Lipinski definition) is 1. The van der Waals surface area contributed by atoms with Gasteiger partial charge < -0.3 is 4.90 Å². The number of halogens is 7. The molecule has 0 amide bonds. The standard InChI is InChI=1S/C11H10F7N/c1-2-3-5(13)19(4-12)11-9(17)7(15)6(14)8(16)10(11)18/h5H,2-4H2,1H3. The largest absolute Gasteiger partial charge is 0.309 e. The second-order valence-electron chi connectivity index (χ2n) is 3.73. The fourth-order valence-corrected chi connectivity index (χ4v) is 1.51. The summed E-state index contributed by atoms with van der Waals surface area (Å²) in [4.78, 5) is -0.139. The van der Waals surface area contributed by atoms with Gasteiger partial charge in [-0.05, 0) is 6.42 Å². The zero-order valence-electron chi connectivity index (χ0n) is 9.79. The van der Waals surface area contributed by atoms with E-state index in [0.29, 0.717) is 0 Å². The van der Waals surface area contributed by atoms with Crippen molar-refractivity contribution in [1.82, 2.24) is 0 Å². The molecule has 1 nitrogen and oxygen atoms in total. The average Bonchev–Trinajstić information content (AvgIpc) is 2.39. The van der Waals surface area contributed by atoms with E-state index in [0.717, 1.165) is 0 Å². The number of anilines is 1. The van der Waals surface area contributed by atoms with Crippen molar-refractivity contribution in [3.8, 4) is 0 Å². The van der Waals surface area contributed by atoms with E-state index in [1.54, 1.807) is 0 Å². The van der Waals surface area contributed by atoms with Crippen molar-refractivity contribution < 1.29 is 30.7 Å². The molecule has 1 atom stereocenters. The molecule has 0 N–H and O–H groups in total. The third kappa shape index (κ3) is 2.76. The summed E-state index contributed by atoms with van der Waals surface area (Å²) in [5.41, 5.74) is -1.60. The smallest absolute Gasteiger partial charge is 0.200 e. The summed E-state index contributed by atoms with van der Waals surface area (Å²) in [6, 6.07) is 0. The van der Waals surface area contributed by atoms with Crippen molar-refractivity contribution in [2.24, 2.45) is 0 Å². The lowest BCUT2D eigenvalue weighted by atomic mass is 10.2. The monoisotopic (exact) mass is 289 g/mol. The molecule has 1 unspecified atom stereocenters. The molecule has 0 radical (unpaired) electrons. The van der Waals surface area contributed by atoms with E-state index >= 15 is 0 Å². The van der Waals surface area contributed by atoms with Crippen LogP contribution in [0, 0.1) is 29.1 Å². The van der Waals surface area contributed by atoms with Crippen LogP contribution in [0.2, 0.25) is 0 Å². The van der Waals surface area contributed by atoms with Crippen molar-refractivity contribution in [3.63, 3.8) is 0 Å². The maximum absolute atomic E-state index is 13.5. The maximum Gasteiger partial charge on any atom is 0.200 e. The van der Waals surface area contributed by atoms with Crippen LogP contribution < -0.4 is 4.90 Å². The molecule has 1 rings (SSSR count). The molecule has 8 heteroatoms. The fourth-order valence-electron chi connectivity index (χ4n) is 1.51. The third-order valence-corrected chi connectivity index (χ3v) is 2.47. The molecule has 0 aromatic heterocycles. The van der Waals surface area contributed by atoms with Crippen LogP contribution >= 0.6 is 0 Å². The van der Waals surface area contributed by atoms with Gasteiger partial charge in [-0.15, -0.1) is 0 Å². The minimum atomic E-state index is -2.37. The number of benzene rings is 1. The Morgan fingerprint density at radius 2 is 1.32 bits per heavy atom. The Bertz CT molecular complexity index is 434. The van der Waals surface area contributed by atoms with Crippen molar-refractivity contribution in [2.45, 2.75) is 26.1 Å². The van der Waals surface area contributed by atoms with Gasteiger partial charge in [0, 0.05) is 0 Å². The predicted octanol–water partition coefficient (Wildman–Crippen LogP) is 4.21. The molecule has 108 valence electrons. The van der Waals surface area contributed by atoms with Crippen molar-refractivity contribution in [2.75, 3.05) is 11.7 Å². The summed E-state index contributed by atoms with van der Waals surface area (Å²) in [6.45, 7) is -0.207. The molecule has 0 aliphatic rings. The van der Waals surface area contributed by atoms with Crippen LogP contribution in [0.1, 0.15) is 19.8 Å². The first-order chi connectivity index (χ1) is 8.86. The van der Waals surface area contributed by atoms with E-state index < -0.39 is 47.9 Å². The first-order valence-electron chi connectivity index (χ1n) is 5.34. The molecule has 1 aromatic rings. The molecule has 0 spiro atoms. The van der Waals surface area contributed by atoms with Crippen LogP contribution in [0.3, 0.4) is 0 Å². The quantitative estimate of drug-likeness (QED) is 0.340. The highest BCUT2D eigenvalue weighted by Gasteiger charge is 2.31. The normalized spacial score (nSPS) is 12.6. The van der Waals surface area contributed by atoms with Gasteiger partial charge in [-0.3, -0.25) is 0 Å². The Labute approximate surface area is 104 Å². The van der Waals surface area contributed by atoms with E-state index in [9.17, 15) is 30.7 Å². The fraction of sp³-hybridized carbons (Fsp3) is 0.455. The number of rotatable bonds is 5. The van der Waals surface area contributed by atoms with Gasteiger partial charge >= 0.3 is 0 Å². The number of nitrogens with zero attached hydrogens (tertiary/aromatic N) is 1. The van der Waals surface area contributed by atoms with Crippen molar-refractivity contribution >= 4 is 5.69 Å². The highest BCUT2D eigenvalue weighted by atomic mass is 19.2. The van der Waals surface area contributed by atoms with Crippen molar-refractivity contribution in [1.29, 1.82) is 0 Å². The van der Waals surface area contributed by atoms with Crippen LogP contribution in [0.4, 0.5) is 36.4 Å². The topological polar surface area (TPSA) is 3.24 Å². The minimum absolute atomic E-state index is 0.139. The predicted molar refractivity (Wildman–Crippen MR) is 54.5 cm³/mol. The average molecular weight is 289 g/mol. The van der Waals surface area contributed by atoms with Gasteiger partial charge in [0.1, 0.15) is 5.69 Å². The maximum atomic E-state index is 13.5. The second-order valence-corrected chi connectivity index (χ2v) is 3.73. The minimum Gasteiger partial charge on any atom is -0.309 e. The van der Waals surface area contributed by atoms with E-state index in [1.165, 1.54) is 6.92 Å². The van der Waals surface area contributed by atoms with E-state index in [4.69, 9.17) is 0 Å². The summed E-state index contributed by atoms with van der Waals surface area (Å²) in [6.07, 6.45) is -2.31. The molecule has 0 aliphatic carbocycles. The van der Waals surface area contributed by atoms with E-state index in [2.05, 4.69) is 0 Å². The highest BCUT2D eigenvalue weighted by molar-refractivity contribution is 5.50. The van der Waals surface area contributed by atoms with Crippen LogP contribution in [0.25, 0.3) is 0 Å². The van der Waals surface area contributed by atoms with Crippen LogP contribution in [0.15, 0.2) is 0 Å². The first-order valence-corrected chi connectivity index (χ1v) is 5.34. The van der Waals surface area contributed by atoms with Gasteiger partial charge in [0.2, 0.25) is 5.82 Å². The molecule has 0 heterocycles. The van der Waals surface area contributed by atoms with Crippen LogP contribution in [0.5, 0.6) is 0 Å². The van der Waals surface area contributed by atoms with Crippen molar-refractivity contribution in [3.05, 3.63) is 29.1 Å². The summed E-state index contributed by atoms with van der Waals surface area (Å²) in [5.74, 6) is -11.4. The summed E-state index contributed by atoms with van der Waals surface area (Å²) in [5, 5.41) is 0. The molecule has 0 bridgehead atoms. The molecule has 0 fully saturated rings. The molecule has 19 heavy (non-hydrogen) atoms. The summed E-state index contributed by atoms with van der Waals surface area (Å²) < 4.78 is 91.4. The zero-order valence-corrected chi connectivity index (χ0v) is 9.79. The van der Waals surface area contributed by atoms with Gasteiger partial charge in [0.25, 0.3) is 0 Å². The number of hydrogen-bond donors (Lipinski definition) is 0. The van der Waals surface area contributed by atoms with E-state index in [1.807, 2.05) is 0 Å². The number of alkyl halides is 2. The van der Waals surface area contributed by atoms with Gasteiger partial charge in [0.05, 0.1) is 0 Å². The summed E-state index contributed by atoms with van der Waals surface area (Å²) in [7, 11) is 0. The molecule has 1 aromatic carbocycles. The second kappa shape index (κ2) is 6.12. The van der Waals surface area contributed by atoms with Crippen LogP contribution in [-0.2, 0) is 0 Å². The Balaban J connectivity index is 3.40. The Hall–Kier alpha value is -1.47. The summed E-state index contributed by atoms with van der Waals surface area (Å²) >= 11 is 0. The molecular formula is C11H10F7N. The van der Waals surface area contributed by atoms with Crippen LogP contribution in [-0.4, -0.2) is 13.1 Å². The molecule has 0 saturated heterocycles. The Morgan fingerprint density at radius 3 is 1.68 bits per heavy atom. The molecule has 0 saturated carbocycles. The lowest BCUT2D eigenvalue weighted by Gasteiger charge is -2.26. The van der Waals surface area contributed by atoms with Gasteiger partial charge in [-0.25, -0.2) is 30.7 Å². The van der Waals surface area contributed by atoms with Gasteiger partial charge in [-0.2, -0.15) is 0 Å². The molecule has 0 aliphatic heterocycles. The SMILES string of the molecule is CCCC(F)N(CF)c1c(F)c(F)c(F)c(F)c1F. The van der Waals surface area contributed by atoms with Gasteiger partial charge in [-0.1, -0.05) is 13.3 Å². The lowest BCUT2D eigenvalue weighted by Crippen LogP contribution is -2.33. The van der Waals surface area contributed by atoms with Gasteiger partial charge in [0.15, 0.2) is 36.4 Å². The Kier molecular flexibility index (Phi) is 5.02. The molecular weight excluding hydrogens is 279 g/mol. The first kappa shape index (κ1) is 15.6. The third-order valence-electron chi connectivity index (χ3n) is 2.47.